The van der Waals surface area contributed by atoms with Crippen molar-refractivity contribution in [2.24, 2.45) is 0 Å². The van der Waals surface area contributed by atoms with Crippen molar-refractivity contribution >= 4 is 23.2 Å². The van der Waals surface area contributed by atoms with E-state index in [-0.39, 0.29) is 11.8 Å². The summed E-state index contributed by atoms with van der Waals surface area (Å²) in [6.45, 7) is 6.69. The highest BCUT2D eigenvalue weighted by Crippen LogP contribution is 2.18. The molecule has 3 aromatic rings. The van der Waals surface area contributed by atoms with Crippen molar-refractivity contribution < 1.29 is 9.59 Å². The first-order valence-corrected chi connectivity index (χ1v) is 12.4. The summed E-state index contributed by atoms with van der Waals surface area (Å²) in [4.78, 5) is 29.6. The number of amides is 2. The molecule has 9 nitrogen and oxygen atoms in total. The Bertz CT molecular complexity index is 1150. The van der Waals surface area contributed by atoms with Crippen LogP contribution < -0.4 is 16.4 Å². The summed E-state index contributed by atoms with van der Waals surface area (Å²) in [5, 5.41) is 10.2. The van der Waals surface area contributed by atoms with E-state index in [0.29, 0.717) is 36.4 Å². The predicted molar refractivity (Wildman–Crippen MR) is 142 cm³/mol. The fourth-order valence-corrected chi connectivity index (χ4v) is 4.19. The van der Waals surface area contributed by atoms with Gasteiger partial charge in [-0.15, -0.1) is 0 Å². The zero-order valence-electron chi connectivity index (χ0n) is 20.8. The molecule has 36 heavy (non-hydrogen) atoms. The summed E-state index contributed by atoms with van der Waals surface area (Å²) < 4.78 is 1.80. The minimum atomic E-state index is -0.213. The number of nitrogen functional groups attached to an aromatic ring is 1. The summed E-state index contributed by atoms with van der Waals surface area (Å²) in [6, 6.07) is 14.5. The minimum Gasteiger partial charge on any atom is -0.397 e. The van der Waals surface area contributed by atoms with E-state index in [1.165, 1.54) is 0 Å². The van der Waals surface area contributed by atoms with Crippen molar-refractivity contribution in [1.82, 2.24) is 24.9 Å². The third-order valence-corrected chi connectivity index (χ3v) is 6.39. The number of aromatic nitrogens is 2. The van der Waals surface area contributed by atoms with Crippen molar-refractivity contribution in [3.8, 4) is 0 Å². The van der Waals surface area contributed by atoms with E-state index in [1.54, 1.807) is 35.1 Å². The van der Waals surface area contributed by atoms with Crippen LogP contribution in [0, 0.1) is 0 Å². The number of anilines is 2. The first-order valence-electron chi connectivity index (χ1n) is 12.4. The van der Waals surface area contributed by atoms with Crippen molar-refractivity contribution in [3.05, 3.63) is 77.6 Å². The monoisotopic (exact) mass is 489 g/mol. The molecule has 1 saturated heterocycles. The fourth-order valence-electron chi connectivity index (χ4n) is 4.19. The maximum atomic E-state index is 12.5. The molecule has 2 amide bonds. The average molecular weight is 490 g/mol. The molecule has 1 aromatic heterocycles. The van der Waals surface area contributed by atoms with E-state index in [0.717, 1.165) is 50.3 Å². The van der Waals surface area contributed by atoms with Crippen LogP contribution in [0.2, 0.25) is 0 Å². The normalized spacial score (nSPS) is 14.5. The molecule has 2 heterocycles. The zero-order valence-corrected chi connectivity index (χ0v) is 20.8. The van der Waals surface area contributed by atoms with Gasteiger partial charge in [-0.25, -0.2) is 0 Å². The van der Waals surface area contributed by atoms with Crippen LogP contribution in [0.5, 0.6) is 0 Å². The molecule has 1 fully saturated rings. The highest BCUT2D eigenvalue weighted by Gasteiger charge is 2.13. The molecule has 4 N–H and O–H groups in total. The molecule has 0 unspecified atom stereocenters. The molecular formula is C27H35N7O2. The van der Waals surface area contributed by atoms with Gasteiger partial charge in [-0.1, -0.05) is 24.3 Å². The summed E-state index contributed by atoms with van der Waals surface area (Å²) in [7, 11) is 2.15. The summed E-state index contributed by atoms with van der Waals surface area (Å²) in [5.41, 5.74) is 9.45. The molecule has 0 aliphatic carbocycles. The van der Waals surface area contributed by atoms with Crippen molar-refractivity contribution in [2.45, 2.75) is 19.4 Å². The number of rotatable bonds is 10. The topological polar surface area (TPSA) is 109 Å². The van der Waals surface area contributed by atoms with Crippen LogP contribution in [0.3, 0.4) is 0 Å². The number of hydrogen-bond donors (Lipinski definition) is 3. The lowest BCUT2D eigenvalue weighted by molar-refractivity contribution is -0.120. The van der Waals surface area contributed by atoms with E-state index in [4.69, 9.17) is 5.73 Å². The van der Waals surface area contributed by atoms with Gasteiger partial charge in [0.05, 0.1) is 30.5 Å². The Kier molecular flexibility index (Phi) is 8.70. The minimum absolute atomic E-state index is 0.0161. The standard InChI is InChI=1S/C27H35N7O2/c1-32-13-15-33(16-14-32)12-4-11-29-26(35)17-22-18-30-34(20-22)19-21-7-9-23(10-8-21)27(36)31-25-6-3-2-5-24(25)28/h2-3,5-10,18,20H,4,11-17,19,28H2,1H3,(H,29,35)(H,31,36). The van der Waals surface area contributed by atoms with E-state index in [9.17, 15) is 9.59 Å². The van der Waals surface area contributed by atoms with Gasteiger partial charge in [0.25, 0.3) is 5.91 Å². The molecule has 0 radical (unpaired) electrons. The number of carbonyl (C=O) groups is 2. The van der Waals surface area contributed by atoms with E-state index >= 15 is 0 Å². The molecule has 9 heteroatoms. The molecule has 0 bridgehead atoms. The van der Waals surface area contributed by atoms with Crippen LogP contribution >= 0.6 is 0 Å². The van der Waals surface area contributed by atoms with Gasteiger partial charge in [-0.3, -0.25) is 14.3 Å². The van der Waals surface area contributed by atoms with Gasteiger partial charge in [-0.05, 0) is 55.4 Å². The van der Waals surface area contributed by atoms with Gasteiger partial charge in [0.1, 0.15) is 0 Å². The Hall–Kier alpha value is -3.69. The first kappa shape index (κ1) is 25.4. The number of benzene rings is 2. The summed E-state index contributed by atoms with van der Waals surface area (Å²) >= 11 is 0. The Morgan fingerprint density at radius 1 is 1.00 bits per heavy atom. The van der Waals surface area contributed by atoms with Gasteiger partial charge in [0.15, 0.2) is 0 Å². The number of carbonyl (C=O) groups excluding carboxylic acids is 2. The van der Waals surface area contributed by atoms with Crippen LogP contribution in [0.15, 0.2) is 60.9 Å². The Labute approximate surface area is 212 Å². The Morgan fingerprint density at radius 3 is 2.50 bits per heavy atom. The third kappa shape index (κ3) is 7.40. The number of hydrogen-bond acceptors (Lipinski definition) is 6. The molecule has 1 aliphatic heterocycles. The molecule has 2 aromatic carbocycles. The molecule has 0 saturated carbocycles. The van der Waals surface area contributed by atoms with E-state index in [2.05, 4.69) is 32.6 Å². The van der Waals surface area contributed by atoms with Gasteiger partial charge in [0, 0.05) is 44.5 Å². The Morgan fingerprint density at radius 2 is 1.75 bits per heavy atom. The molecule has 190 valence electrons. The zero-order chi connectivity index (χ0) is 25.3. The SMILES string of the molecule is CN1CCN(CCCNC(=O)Cc2cnn(Cc3ccc(C(=O)Nc4ccccc4N)cc3)c2)CC1. The van der Waals surface area contributed by atoms with Crippen LogP contribution in [0.25, 0.3) is 0 Å². The van der Waals surface area contributed by atoms with Crippen molar-refractivity contribution in [3.63, 3.8) is 0 Å². The smallest absolute Gasteiger partial charge is 0.255 e. The Balaban J connectivity index is 1.19. The summed E-state index contributed by atoms with van der Waals surface area (Å²) in [6.07, 6.45) is 4.90. The number of nitrogens with two attached hydrogens (primary N) is 1. The third-order valence-electron chi connectivity index (χ3n) is 6.39. The highest BCUT2D eigenvalue weighted by atomic mass is 16.2. The maximum Gasteiger partial charge on any atom is 0.255 e. The lowest BCUT2D eigenvalue weighted by atomic mass is 10.1. The van der Waals surface area contributed by atoms with Gasteiger partial charge >= 0.3 is 0 Å². The fraction of sp³-hybridized carbons (Fsp3) is 0.370. The number of nitrogens with one attached hydrogen (secondary N) is 2. The van der Waals surface area contributed by atoms with Crippen LogP contribution in [0.4, 0.5) is 11.4 Å². The second-order valence-corrected chi connectivity index (χ2v) is 9.31. The van der Waals surface area contributed by atoms with Gasteiger partial charge in [0.2, 0.25) is 5.91 Å². The highest BCUT2D eigenvalue weighted by molar-refractivity contribution is 6.05. The number of piperazine rings is 1. The number of para-hydroxylation sites is 2. The first-order chi connectivity index (χ1) is 17.5. The molecule has 0 atom stereocenters. The molecule has 0 spiro atoms. The quantitative estimate of drug-likeness (QED) is 0.297. The van der Waals surface area contributed by atoms with Crippen LogP contribution in [0.1, 0.15) is 27.9 Å². The largest absolute Gasteiger partial charge is 0.397 e. The number of likely N-dealkylation sites (N-methyl/N-ethyl adjacent to an activating group) is 1. The van der Waals surface area contributed by atoms with Crippen molar-refractivity contribution in [2.75, 3.05) is 57.4 Å². The predicted octanol–water partition coefficient (Wildman–Crippen LogP) is 2.06. The maximum absolute atomic E-state index is 12.5. The van der Waals surface area contributed by atoms with Gasteiger partial charge < -0.3 is 26.2 Å². The second kappa shape index (κ2) is 12.3. The lowest BCUT2D eigenvalue weighted by Crippen LogP contribution is -2.45. The van der Waals surface area contributed by atoms with E-state index < -0.39 is 0 Å². The summed E-state index contributed by atoms with van der Waals surface area (Å²) in [5.74, 6) is -0.197. The molecule has 1 aliphatic rings. The second-order valence-electron chi connectivity index (χ2n) is 9.31. The molecule has 4 rings (SSSR count). The van der Waals surface area contributed by atoms with Crippen LogP contribution in [-0.2, 0) is 17.8 Å². The van der Waals surface area contributed by atoms with Crippen LogP contribution in [-0.4, -0.2) is 77.7 Å². The molecular weight excluding hydrogens is 454 g/mol. The van der Waals surface area contributed by atoms with Crippen molar-refractivity contribution in [1.29, 1.82) is 0 Å². The number of nitrogens with zero attached hydrogens (tertiary/aromatic N) is 4. The van der Waals surface area contributed by atoms with E-state index in [1.807, 2.05) is 30.5 Å². The lowest BCUT2D eigenvalue weighted by Gasteiger charge is -2.32. The average Bonchev–Trinajstić information content (AvgIpc) is 3.31. The van der Waals surface area contributed by atoms with Gasteiger partial charge in [-0.2, -0.15) is 5.10 Å².